The van der Waals surface area contributed by atoms with Crippen LogP contribution in [0.4, 0.5) is 5.82 Å². The molecule has 1 aromatic carbocycles. The molecule has 6 rings (SSSR count). The summed E-state index contributed by atoms with van der Waals surface area (Å²) >= 11 is 0. The number of para-hydroxylation sites is 1. The molecule has 31 heavy (non-hydrogen) atoms. The maximum absolute atomic E-state index is 5.78. The fourth-order valence-corrected chi connectivity index (χ4v) is 4.20. The normalized spacial score (nSPS) is 16.2. The highest BCUT2D eigenvalue weighted by Crippen LogP contribution is 2.44. The van der Waals surface area contributed by atoms with Crippen LogP contribution in [-0.2, 0) is 0 Å². The maximum atomic E-state index is 5.78. The summed E-state index contributed by atoms with van der Waals surface area (Å²) in [6, 6.07) is 14.0. The van der Waals surface area contributed by atoms with E-state index in [2.05, 4.69) is 27.9 Å². The molecule has 0 amide bonds. The molecule has 1 saturated heterocycles. The van der Waals surface area contributed by atoms with Crippen LogP contribution in [0.25, 0.3) is 28.2 Å². The molecule has 156 valence electrons. The number of aromatic nitrogens is 4. The van der Waals surface area contributed by atoms with Crippen molar-refractivity contribution in [1.29, 1.82) is 0 Å². The summed E-state index contributed by atoms with van der Waals surface area (Å²) in [5.41, 5.74) is 4.41. The van der Waals surface area contributed by atoms with Crippen molar-refractivity contribution < 1.29 is 9.47 Å². The molecule has 2 aliphatic heterocycles. The van der Waals surface area contributed by atoms with Crippen molar-refractivity contribution >= 4 is 11.5 Å². The number of rotatable bonds is 3. The minimum atomic E-state index is 0.218. The predicted octanol–water partition coefficient (Wildman–Crippen LogP) is 2.94. The van der Waals surface area contributed by atoms with E-state index in [0.29, 0.717) is 0 Å². The number of hydrogen-bond donors (Lipinski definition) is 0. The molecular weight excluding hydrogens is 392 g/mol. The summed E-state index contributed by atoms with van der Waals surface area (Å²) in [6.07, 6.45) is 3.58. The third-order valence-electron chi connectivity index (χ3n) is 5.90. The highest BCUT2D eigenvalue weighted by atomic mass is 16.7. The molecular formula is C23H22N6O2. The second-order valence-corrected chi connectivity index (χ2v) is 7.84. The summed E-state index contributed by atoms with van der Waals surface area (Å²) < 4.78 is 13.3. The Bertz CT molecular complexity index is 1250. The van der Waals surface area contributed by atoms with E-state index in [0.717, 1.165) is 71.7 Å². The lowest BCUT2D eigenvalue weighted by Crippen LogP contribution is -2.44. The standard InChI is InChI=1S/C23H22N6O2/c1-27-11-13-28(14-12-27)20-6-5-19-25-21(17-3-2-4-18-23(17)31-15-30-18)22(29(19)26-20)16-7-9-24-10-8-16/h2-10H,11-15H2,1H3. The van der Waals surface area contributed by atoms with E-state index in [4.69, 9.17) is 19.6 Å². The van der Waals surface area contributed by atoms with Crippen molar-refractivity contribution in [2.24, 2.45) is 0 Å². The lowest BCUT2D eigenvalue weighted by Gasteiger charge is -2.33. The van der Waals surface area contributed by atoms with Gasteiger partial charge in [0.05, 0.1) is 0 Å². The van der Waals surface area contributed by atoms with Gasteiger partial charge in [-0.05, 0) is 43.4 Å². The van der Waals surface area contributed by atoms with Gasteiger partial charge in [0.2, 0.25) is 6.79 Å². The Morgan fingerprint density at radius 3 is 2.58 bits per heavy atom. The number of pyridine rings is 1. The van der Waals surface area contributed by atoms with Crippen LogP contribution in [-0.4, -0.2) is 64.5 Å². The number of nitrogens with zero attached hydrogens (tertiary/aromatic N) is 6. The second-order valence-electron chi connectivity index (χ2n) is 7.84. The van der Waals surface area contributed by atoms with E-state index in [1.807, 2.05) is 40.9 Å². The van der Waals surface area contributed by atoms with E-state index in [9.17, 15) is 0 Å². The van der Waals surface area contributed by atoms with Gasteiger partial charge in [0.1, 0.15) is 17.2 Å². The first kappa shape index (κ1) is 18.1. The van der Waals surface area contributed by atoms with E-state index in [1.54, 1.807) is 12.4 Å². The third kappa shape index (κ3) is 3.07. The molecule has 0 bridgehead atoms. The average molecular weight is 414 g/mol. The van der Waals surface area contributed by atoms with Crippen LogP contribution in [0.2, 0.25) is 0 Å². The molecule has 8 nitrogen and oxygen atoms in total. The number of ether oxygens (including phenoxy) is 2. The first-order chi connectivity index (χ1) is 15.3. The van der Waals surface area contributed by atoms with E-state index in [-0.39, 0.29) is 6.79 Å². The average Bonchev–Trinajstić information content (AvgIpc) is 3.44. The zero-order chi connectivity index (χ0) is 20.8. The van der Waals surface area contributed by atoms with Crippen molar-refractivity contribution in [1.82, 2.24) is 24.5 Å². The first-order valence-corrected chi connectivity index (χ1v) is 10.4. The van der Waals surface area contributed by atoms with Crippen molar-refractivity contribution in [3.05, 3.63) is 54.9 Å². The lowest BCUT2D eigenvalue weighted by atomic mass is 10.0. The number of hydrogen-bond acceptors (Lipinski definition) is 7. The molecule has 8 heteroatoms. The van der Waals surface area contributed by atoms with Crippen LogP contribution in [0.5, 0.6) is 11.5 Å². The fraction of sp³-hybridized carbons (Fsp3) is 0.261. The number of likely N-dealkylation sites (N-methyl/N-ethyl adjacent to an activating group) is 1. The SMILES string of the molecule is CN1CCN(c2ccc3nc(-c4cccc5c4OCO5)c(-c4ccncc4)n3n2)CC1. The van der Waals surface area contributed by atoms with Crippen LogP contribution < -0.4 is 14.4 Å². The van der Waals surface area contributed by atoms with Crippen LogP contribution in [0.15, 0.2) is 54.9 Å². The van der Waals surface area contributed by atoms with Gasteiger partial charge in [-0.3, -0.25) is 4.98 Å². The van der Waals surface area contributed by atoms with Crippen molar-refractivity contribution in [2.45, 2.75) is 0 Å². The molecule has 5 heterocycles. The molecule has 0 saturated carbocycles. The number of piperazine rings is 1. The molecule has 0 aliphatic carbocycles. The van der Waals surface area contributed by atoms with Gasteiger partial charge in [-0.25, -0.2) is 9.50 Å². The summed E-state index contributed by atoms with van der Waals surface area (Å²) in [5.74, 6) is 2.42. The van der Waals surface area contributed by atoms with Gasteiger partial charge < -0.3 is 19.3 Å². The Kier molecular flexibility index (Phi) is 4.24. The van der Waals surface area contributed by atoms with Crippen molar-refractivity contribution in [2.75, 3.05) is 44.9 Å². The summed E-state index contributed by atoms with van der Waals surface area (Å²) in [4.78, 5) is 13.8. The number of anilines is 1. The zero-order valence-corrected chi connectivity index (χ0v) is 17.2. The highest BCUT2D eigenvalue weighted by molar-refractivity contribution is 5.85. The molecule has 2 aliphatic rings. The van der Waals surface area contributed by atoms with Gasteiger partial charge in [0.25, 0.3) is 0 Å². The molecule has 0 radical (unpaired) electrons. The van der Waals surface area contributed by atoms with Gasteiger partial charge in [-0.2, -0.15) is 0 Å². The van der Waals surface area contributed by atoms with Crippen molar-refractivity contribution in [3.63, 3.8) is 0 Å². The molecule has 0 N–H and O–H groups in total. The summed E-state index contributed by atoms with van der Waals surface area (Å²) in [7, 11) is 2.15. The molecule has 0 atom stereocenters. The Morgan fingerprint density at radius 1 is 0.903 bits per heavy atom. The first-order valence-electron chi connectivity index (χ1n) is 10.4. The lowest BCUT2D eigenvalue weighted by molar-refractivity contribution is 0.174. The van der Waals surface area contributed by atoms with Gasteiger partial charge in [0, 0.05) is 49.7 Å². The minimum Gasteiger partial charge on any atom is -0.454 e. The van der Waals surface area contributed by atoms with Gasteiger partial charge in [-0.1, -0.05) is 6.07 Å². The minimum absolute atomic E-state index is 0.218. The summed E-state index contributed by atoms with van der Waals surface area (Å²) in [5, 5.41) is 5.01. The monoisotopic (exact) mass is 414 g/mol. The Balaban J connectivity index is 1.55. The van der Waals surface area contributed by atoms with Crippen LogP contribution in [0.1, 0.15) is 0 Å². The van der Waals surface area contributed by atoms with E-state index in [1.165, 1.54) is 0 Å². The van der Waals surface area contributed by atoms with Crippen molar-refractivity contribution in [3.8, 4) is 34.0 Å². The largest absolute Gasteiger partial charge is 0.454 e. The second kappa shape index (κ2) is 7.24. The topological polar surface area (TPSA) is 68.0 Å². The van der Waals surface area contributed by atoms with Gasteiger partial charge in [0.15, 0.2) is 17.1 Å². The Morgan fingerprint density at radius 2 is 1.74 bits per heavy atom. The summed E-state index contributed by atoms with van der Waals surface area (Å²) in [6.45, 7) is 4.19. The number of imidazole rings is 1. The van der Waals surface area contributed by atoms with E-state index < -0.39 is 0 Å². The third-order valence-corrected chi connectivity index (χ3v) is 5.90. The van der Waals surface area contributed by atoms with Gasteiger partial charge >= 0.3 is 0 Å². The number of fused-ring (bicyclic) bond motifs is 2. The predicted molar refractivity (Wildman–Crippen MR) is 117 cm³/mol. The van der Waals surface area contributed by atoms with E-state index >= 15 is 0 Å². The molecule has 4 aromatic rings. The molecule has 1 fully saturated rings. The zero-order valence-electron chi connectivity index (χ0n) is 17.2. The molecule has 0 unspecified atom stereocenters. The molecule has 0 spiro atoms. The fourth-order valence-electron chi connectivity index (χ4n) is 4.20. The van der Waals surface area contributed by atoms with Crippen LogP contribution in [0, 0.1) is 0 Å². The Labute approximate surface area is 179 Å². The van der Waals surface area contributed by atoms with Crippen LogP contribution >= 0.6 is 0 Å². The highest BCUT2D eigenvalue weighted by Gasteiger charge is 2.25. The maximum Gasteiger partial charge on any atom is 0.231 e. The number of benzene rings is 1. The smallest absolute Gasteiger partial charge is 0.231 e. The van der Waals surface area contributed by atoms with Gasteiger partial charge in [-0.15, -0.1) is 5.10 Å². The Hall–Kier alpha value is -3.65. The quantitative estimate of drug-likeness (QED) is 0.511. The van der Waals surface area contributed by atoms with Crippen LogP contribution in [0.3, 0.4) is 0 Å². The molecule has 3 aromatic heterocycles.